The lowest BCUT2D eigenvalue weighted by atomic mass is 9.96. The van der Waals surface area contributed by atoms with Crippen LogP contribution in [-0.2, 0) is 22.6 Å². The molecule has 3 aliphatic rings. The van der Waals surface area contributed by atoms with E-state index in [1.54, 1.807) is 6.07 Å². The van der Waals surface area contributed by atoms with Gasteiger partial charge in [-0.1, -0.05) is 13.0 Å². The minimum atomic E-state index is -2.62. The Morgan fingerprint density at radius 3 is 2.93 bits per heavy atom. The van der Waals surface area contributed by atoms with Crippen LogP contribution in [0.3, 0.4) is 0 Å². The first-order chi connectivity index (χ1) is 14.8. The maximum Gasteiger partial charge on any atom is 0.414 e. The van der Waals surface area contributed by atoms with Crippen molar-refractivity contribution in [2.75, 3.05) is 18.4 Å². The van der Waals surface area contributed by atoms with E-state index in [0.29, 0.717) is 11.3 Å². The van der Waals surface area contributed by atoms with Crippen molar-refractivity contribution >= 4 is 17.7 Å². The van der Waals surface area contributed by atoms with E-state index in [1.165, 1.54) is 5.56 Å². The van der Waals surface area contributed by atoms with Crippen LogP contribution in [0.4, 0.5) is 10.5 Å². The molecule has 0 N–H and O–H groups in total. The summed E-state index contributed by atoms with van der Waals surface area (Å²) in [6.45, 7) is 0.175. The Bertz CT molecular complexity index is 1090. The molecule has 0 radical (unpaired) electrons. The molecule has 1 saturated heterocycles. The van der Waals surface area contributed by atoms with E-state index < -0.39 is 13.1 Å². The fraction of sp³-hybridized carbons (Fsp3) is 0.409. The number of carbonyl (C=O) groups is 2. The molecular weight excluding hydrogens is 354 g/mol. The zero-order chi connectivity index (χ0) is 21.9. The molecule has 5 rings (SSSR count). The Morgan fingerprint density at radius 1 is 1.25 bits per heavy atom. The van der Waals surface area contributed by atoms with Gasteiger partial charge in [0.2, 0.25) is 5.91 Å². The average Bonchev–Trinajstić information content (AvgIpc) is 3.29. The average molecular weight is 380 g/mol. The van der Waals surface area contributed by atoms with Gasteiger partial charge in [0, 0.05) is 47.1 Å². The number of hydrogen-bond donors (Lipinski definition) is 0. The van der Waals surface area contributed by atoms with Gasteiger partial charge in [-0.15, -0.1) is 0 Å². The third-order valence-electron chi connectivity index (χ3n) is 6.17. The molecule has 1 aromatic heterocycles. The summed E-state index contributed by atoms with van der Waals surface area (Å²) in [6.07, 6.45) is 5.43. The van der Waals surface area contributed by atoms with Crippen LogP contribution in [0.5, 0.6) is 0 Å². The molecule has 28 heavy (non-hydrogen) atoms. The number of aromatic nitrogens is 1. The van der Waals surface area contributed by atoms with Crippen LogP contribution in [0.1, 0.15) is 46.6 Å². The maximum absolute atomic E-state index is 12.6. The summed E-state index contributed by atoms with van der Waals surface area (Å²) in [5.41, 5.74) is 5.12. The number of anilines is 1. The van der Waals surface area contributed by atoms with Crippen LogP contribution in [0.2, 0.25) is 0 Å². The first kappa shape index (κ1) is 14.2. The summed E-state index contributed by atoms with van der Waals surface area (Å²) < 4.78 is 28.1. The summed E-state index contributed by atoms with van der Waals surface area (Å²) in [5, 5.41) is 0. The molecule has 0 unspecified atom stereocenters. The minimum absolute atomic E-state index is 0.0276. The lowest BCUT2D eigenvalue weighted by molar-refractivity contribution is -0.132. The van der Waals surface area contributed by atoms with Crippen molar-refractivity contribution < 1.29 is 18.4 Å². The van der Waals surface area contributed by atoms with Gasteiger partial charge >= 0.3 is 6.09 Å². The molecule has 2 aromatic rings. The predicted molar refractivity (Wildman–Crippen MR) is 105 cm³/mol. The van der Waals surface area contributed by atoms with Crippen molar-refractivity contribution in [3.63, 3.8) is 0 Å². The molecule has 6 nitrogen and oxygen atoms in total. The largest absolute Gasteiger partial charge is 0.444 e. The number of benzene rings is 1. The Morgan fingerprint density at radius 2 is 2.14 bits per heavy atom. The molecule has 3 heterocycles. The number of amides is 2. The van der Waals surface area contributed by atoms with E-state index in [1.807, 2.05) is 36.4 Å². The number of nitrogens with zero attached hydrogens (tertiary/aromatic N) is 3. The quantitative estimate of drug-likeness (QED) is 0.797. The highest BCUT2D eigenvalue weighted by molar-refractivity contribution is 5.90. The molecule has 2 atom stereocenters. The van der Waals surface area contributed by atoms with Crippen LogP contribution >= 0.6 is 0 Å². The topological polar surface area (TPSA) is 62.7 Å². The van der Waals surface area contributed by atoms with Gasteiger partial charge in [-0.3, -0.25) is 14.7 Å². The first-order valence-electron chi connectivity index (χ1n) is 11.1. The monoisotopic (exact) mass is 380 g/mol. The first-order valence-corrected chi connectivity index (χ1v) is 9.63. The molecule has 2 amide bonds. The highest BCUT2D eigenvalue weighted by Gasteiger charge is 2.38. The van der Waals surface area contributed by atoms with Gasteiger partial charge in [-0.05, 0) is 48.1 Å². The van der Waals surface area contributed by atoms with Crippen LogP contribution < -0.4 is 4.90 Å². The van der Waals surface area contributed by atoms with E-state index >= 15 is 0 Å². The number of fused-ring (bicyclic) bond motifs is 2. The second kappa shape index (κ2) is 6.33. The lowest BCUT2D eigenvalue weighted by Crippen LogP contribution is -2.31. The van der Waals surface area contributed by atoms with Crippen molar-refractivity contribution in [2.45, 2.75) is 38.8 Å². The van der Waals surface area contributed by atoms with E-state index in [-0.39, 0.29) is 24.5 Å². The normalized spacial score (nSPS) is 25.7. The maximum atomic E-state index is 12.6. The number of pyridine rings is 1. The second-order valence-corrected chi connectivity index (χ2v) is 7.76. The summed E-state index contributed by atoms with van der Waals surface area (Å²) in [6, 6.07) is 5.41. The van der Waals surface area contributed by atoms with Gasteiger partial charge in [-0.25, -0.2) is 4.79 Å². The second-order valence-electron chi connectivity index (χ2n) is 7.76. The van der Waals surface area contributed by atoms with E-state index in [2.05, 4.69) is 4.98 Å². The van der Waals surface area contributed by atoms with Crippen LogP contribution in [0.15, 0.2) is 30.6 Å². The van der Waals surface area contributed by atoms with Crippen LogP contribution in [0, 0.1) is 5.92 Å². The standard InChI is InChI=1S/C22H23N3O3/c1-13-7-8-25(21(13)26)20-6-4-16-17(10-23-11-18(16)20)14-3-5-19-15(9-14)12-28-22(27)24(19)2/h3,5,9-11,13,20H,4,6-8,12H2,1-2H3/t13-,20+/m0/s1/i2D3. The van der Waals surface area contributed by atoms with E-state index in [0.717, 1.165) is 47.4 Å². The number of likely N-dealkylation sites (tertiary alicyclic amines) is 1. The summed E-state index contributed by atoms with van der Waals surface area (Å²) in [5.74, 6) is 0.285. The molecule has 144 valence electrons. The van der Waals surface area contributed by atoms with Crippen molar-refractivity contribution in [3.8, 4) is 11.1 Å². The molecule has 0 spiro atoms. The van der Waals surface area contributed by atoms with Gasteiger partial charge in [0.15, 0.2) is 0 Å². The number of rotatable bonds is 2. The highest BCUT2D eigenvalue weighted by Crippen LogP contribution is 2.43. The Kier molecular flexibility index (Phi) is 3.20. The Labute approximate surface area is 168 Å². The number of hydrogen-bond acceptors (Lipinski definition) is 4. The zero-order valence-corrected chi connectivity index (χ0v) is 15.6. The highest BCUT2D eigenvalue weighted by atomic mass is 16.6. The fourth-order valence-corrected chi connectivity index (χ4v) is 4.63. The predicted octanol–water partition coefficient (Wildman–Crippen LogP) is 3.69. The van der Waals surface area contributed by atoms with Crippen molar-refractivity contribution in [2.24, 2.45) is 5.92 Å². The van der Waals surface area contributed by atoms with Crippen LogP contribution in [-0.4, -0.2) is 35.4 Å². The number of cyclic esters (lactones) is 1. The molecule has 0 bridgehead atoms. The third kappa shape index (κ3) is 2.51. The molecule has 1 aliphatic carbocycles. The molecule has 1 fully saturated rings. The summed E-state index contributed by atoms with van der Waals surface area (Å²) in [7, 11) is 0. The summed E-state index contributed by atoms with van der Waals surface area (Å²) >= 11 is 0. The molecule has 1 aromatic carbocycles. The van der Waals surface area contributed by atoms with E-state index in [9.17, 15) is 9.59 Å². The number of carbonyl (C=O) groups excluding carboxylic acids is 2. The van der Waals surface area contributed by atoms with Crippen molar-refractivity contribution in [3.05, 3.63) is 47.3 Å². The molecule has 2 aliphatic heterocycles. The Balaban J connectivity index is 1.52. The smallest absolute Gasteiger partial charge is 0.414 e. The molecule has 6 heteroatoms. The van der Waals surface area contributed by atoms with Crippen LogP contribution in [0.25, 0.3) is 11.1 Å². The van der Waals surface area contributed by atoms with E-state index in [4.69, 9.17) is 8.85 Å². The fourth-order valence-electron chi connectivity index (χ4n) is 4.63. The molecular formula is C22H23N3O3. The van der Waals surface area contributed by atoms with Crippen molar-refractivity contribution in [1.82, 2.24) is 9.88 Å². The Hall–Kier alpha value is -2.89. The number of ether oxygens (including phenoxy) is 1. The molecule has 0 saturated carbocycles. The summed E-state index contributed by atoms with van der Waals surface area (Å²) in [4.78, 5) is 31.8. The van der Waals surface area contributed by atoms with Gasteiger partial charge < -0.3 is 9.64 Å². The van der Waals surface area contributed by atoms with Crippen molar-refractivity contribution in [1.29, 1.82) is 0 Å². The van der Waals surface area contributed by atoms with Gasteiger partial charge in [-0.2, -0.15) is 0 Å². The zero-order valence-electron chi connectivity index (χ0n) is 18.6. The van der Waals surface area contributed by atoms with Gasteiger partial charge in [0.05, 0.1) is 11.7 Å². The van der Waals surface area contributed by atoms with Gasteiger partial charge in [0.25, 0.3) is 0 Å². The van der Waals surface area contributed by atoms with Gasteiger partial charge in [0.1, 0.15) is 6.61 Å². The minimum Gasteiger partial charge on any atom is -0.444 e. The third-order valence-corrected chi connectivity index (χ3v) is 6.17. The lowest BCUT2D eigenvalue weighted by Gasteiger charge is -2.26. The SMILES string of the molecule is [2H]C([2H])([2H])N1C(=O)OCc2cc(-c3cncc4c3CC[C@H]4N3CC[C@H](C)C3=O)ccc21.